The Morgan fingerprint density at radius 2 is 1.87 bits per heavy atom. The molecule has 0 saturated heterocycles. The Hall–Kier alpha value is -4.96. The molecule has 1 atom stereocenters. The van der Waals surface area contributed by atoms with Crippen molar-refractivity contribution in [3.8, 4) is 5.69 Å². The number of hydrogen-bond acceptors (Lipinski definition) is 7. The smallest absolute Gasteiger partial charge is 0.266 e. The van der Waals surface area contributed by atoms with Crippen LogP contribution in [-0.2, 0) is 0 Å². The summed E-state index contributed by atoms with van der Waals surface area (Å²) >= 11 is 1.52. The van der Waals surface area contributed by atoms with Crippen molar-refractivity contribution in [3.63, 3.8) is 0 Å². The van der Waals surface area contributed by atoms with Gasteiger partial charge in [0.2, 0.25) is 0 Å². The monoisotopic (exact) mass is 533 g/mol. The minimum Gasteiger partial charge on any atom is -0.342 e. The molecule has 9 nitrogen and oxygen atoms in total. The summed E-state index contributed by atoms with van der Waals surface area (Å²) in [4.78, 5) is 41.1. The van der Waals surface area contributed by atoms with Gasteiger partial charge in [-0.05, 0) is 49.8 Å². The molecule has 10 heteroatoms. The van der Waals surface area contributed by atoms with Crippen molar-refractivity contribution in [3.05, 3.63) is 117 Å². The molecular formula is C29H23N7O2S. The Kier molecular flexibility index (Phi) is 6.29. The number of carbonyl (C=O) groups is 1. The fourth-order valence-corrected chi connectivity index (χ4v) is 5.13. The largest absolute Gasteiger partial charge is 0.342 e. The van der Waals surface area contributed by atoms with Crippen molar-refractivity contribution in [2.75, 3.05) is 0 Å². The van der Waals surface area contributed by atoms with Crippen LogP contribution in [0.2, 0.25) is 0 Å². The minimum absolute atomic E-state index is 0.226. The van der Waals surface area contributed by atoms with E-state index < -0.39 is 6.04 Å². The van der Waals surface area contributed by atoms with E-state index in [0.717, 1.165) is 10.6 Å². The zero-order valence-corrected chi connectivity index (χ0v) is 22.0. The summed E-state index contributed by atoms with van der Waals surface area (Å²) in [6.45, 7) is 3.58. The van der Waals surface area contributed by atoms with Crippen LogP contribution in [0.1, 0.15) is 45.4 Å². The molecule has 0 aliphatic heterocycles. The maximum Gasteiger partial charge on any atom is 0.266 e. The van der Waals surface area contributed by atoms with Crippen LogP contribution in [0.4, 0.5) is 0 Å². The van der Waals surface area contributed by atoms with Gasteiger partial charge < -0.3 is 5.32 Å². The number of hydrogen-bond donors (Lipinski definition) is 1. The SMILES string of the molecule is Cc1nn2cccnc2c1C(=O)NC(C)c1nc2cccc(/C=C/c3nccs3)c2c(=O)n1-c1ccccc1. The molecular weight excluding hydrogens is 510 g/mol. The number of amides is 1. The van der Waals surface area contributed by atoms with Gasteiger partial charge in [-0.3, -0.25) is 14.2 Å². The van der Waals surface area contributed by atoms with Crippen molar-refractivity contribution in [2.45, 2.75) is 19.9 Å². The lowest BCUT2D eigenvalue weighted by Gasteiger charge is -2.20. The van der Waals surface area contributed by atoms with E-state index in [-0.39, 0.29) is 11.5 Å². The third-order valence-electron chi connectivity index (χ3n) is 6.36. The average Bonchev–Trinajstić information content (AvgIpc) is 3.59. The van der Waals surface area contributed by atoms with Crippen LogP contribution in [0.15, 0.2) is 83.4 Å². The first-order valence-corrected chi connectivity index (χ1v) is 13.2. The van der Waals surface area contributed by atoms with Crippen molar-refractivity contribution in [2.24, 2.45) is 0 Å². The molecule has 192 valence electrons. The van der Waals surface area contributed by atoms with E-state index in [9.17, 15) is 9.59 Å². The van der Waals surface area contributed by atoms with Crippen molar-refractivity contribution in [1.29, 1.82) is 0 Å². The summed E-state index contributed by atoms with van der Waals surface area (Å²) in [5.74, 6) is 0.0676. The Morgan fingerprint density at radius 1 is 1.03 bits per heavy atom. The standard InChI is InChI=1S/C29H23N7O2S/c1-18-24(27-31-14-7-16-35(27)34-18)28(37)32-19(2)26-33-22-11-6-8-20(12-13-23-30-15-17-39-23)25(22)29(38)36(26)21-9-4-3-5-10-21/h3-17,19H,1-2H3,(H,32,37)/b13-12+. The van der Waals surface area contributed by atoms with E-state index >= 15 is 0 Å². The maximum absolute atomic E-state index is 14.1. The third kappa shape index (κ3) is 4.51. The molecule has 39 heavy (non-hydrogen) atoms. The summed E-state index contributed by atoms with van der Waals surface area (Å²) in [6, 6.07) is 16.0. The van der Waals surface area contributed by atoms with E-state index in [1.165, 1.54) is 11.3 Å². The number of para-hydroxylation sites is 1. The molecule has 0 bridgehead atoms. The highest BCUT2D eigenvalue weighted by molar-refractivity contribution is 7.10. The zero-order chi connectivity index (χ0) is 26.9. The molecule has 4 heterocycles. The van der Waals surface area contributed by atoms with Gasteiger partial charge in [0.05, 0.1) is 28.3 Å². The van der Waals surface area contributed by atoms with Crippen molar-refractivity contribution < 1.29 is 4.79 Å². The van der Waals surface area contributed by atoms with Crippen LogP contribution < -0.4 is 10.9 Å². The molecule has 1 unspecified atom stereocenters. The van der Waals surface area contributed by atoms with Crippen molar-refractivity contribution in [1.82, 2.24) is 34.4 Å². The Labute approximate surface area is 227 Å². The summed E-state index contributed by atoms with van der Waals surface area (Å²) in [7, 11) is 0. The predicted octanol–water partition coefficient (Wildman–Crippen LogP) is 4.85. The number of thiazole rings is 1. The third-order valence-corrected chi connectivity index (χ3v) is 7.10. The molecule has 0 radical (unpaired) electrons. The molecule has 0 spiro atoms. The normalized spacial score (nSPS) is 12.4. The topological polar surface area (TPSA) is 107 Å². The number of carbonyl (C=O) groups excluding carboxylic acids is 1. The molecule has 2 aromatic carbocycles. The zero-order valence-electron chi connectivity index (χ0n) is 21.1. The first kappa shape index (κ1) is 24.4. The number of fused-ring (bicyclic) bond motifs is 2. The van der Waals surface area contributed by atoms with Gasteiger partial charge in [0.15, 0.2) is 5.65 Å². The highest BCUT2D eigenvalue weighted by Gasteiger charge is 2.24. The summed E-state index contributed by atoms with van der Waals surface area (Å²) < 4.78 is 3.14. The first-order chi connectivity index (χ1) is 19.0. The molecule has 4 aromatic heterocycles. The average molecular weight is 534 g/mol. The van der Waals surface area contributed by atoms with Crippen molar-refractivity contribution >= 4 is 45.9 Å². The van der Waals surface area contributed by atoms with Gasteiger partial charge in [0.25, 0.3) is 11.5 Å². The van der Waals surface area contributed by atoms with E-state index in [0.29, 0.717) is 39.3 Å². The predicted molar refractivity (Wildman–Crippen MR) is 152 cm³/mol. The number of nitrogens with one attached hydrogen (secondary N) is 1. The van der Waals surface area contributed by atoms with Crippen LogP contribution in [-0.4, -0.2) is 35.0 Å². The molecule has 0 saturated carbocycles. The molecule has 1 N–H and O–H groups in total. The fraction of sp³-hybridized carbons (Fsp3) is 0.103. The highest BCUT2D eigenvalue weighted by Crippen LogP contribution is 2.23. The number of rotatable bonds is 6. The second-order valence-electron chi connectivity index (χ2n) is 8.93. The molecule has 6 rings (SSSR count). The summed E-state index contributed by atoms with van der Waals surface area (Å²) in [6.07, 6.45) is 8.87. The van der Waals surface area contributed by atoms with Gasteiger partial charge >= 0.3 is 0 Å². The quantitative estimate of drug-likeness (QED) is 0.328. The lowest BCUT2D eigenvalue weighted by Crippen LogP contribution is -2.33. The Balaban J connectivity index is 1.47. The number of aryl methyl sites for hydroxylation is 1. The van der Waals surface area contributed by atoms with Crippen LogP contribution in [0.5, 0.6) is 0 Å². The lowest BCUT2D eigenvalue weighted by atomic mass is 10.1. The second kappa shape index (κ2) is 10.1. The molecule has 6 aromatic rings. The lowest BCUT2D eigenvalue weighted by molar-refractivity contribution is 0.0938. The highest BCUT2D eigenvalue weighted by atomic mass is 32.1. The van der Waals surface area contributed by atoms with Gasteiger partial charge in [-0.25, -0.2) is 19.5 Å². The molecule has 1 amide bonds. The number of nitrogens with zero attached hydrogens (tertiary/aromatic N) is 6. The van der Waals surface area contributed by atoms with Gasteiger partial charge in [-0.2, -0.15) is 5.10 Å². The summed E-state index contributed by atoms with van der Waals surface area (Å²) in [5.41, 5.74) is 3.10. The van der Waals surface area contributed by atoms with Gasteiger partial charge in [-0.1, -0.05) is 36.4 Å². The number of benzene rings is 2. The van der Waals surface area contributed by atoms with E-state index in [1.807, 2.05) is 73.0 Å². The van der Waals surface area contributed by atoms with E-state index in [2.05, 4.69) is 20.4 Å². The Morgan fingerprint density at radius 3 is 2.67 bits per heavy atom. The van der Waals surface area contributed by atoms with Crippen LogP contribution in [0.25, 0.3) is 34.4 Å². The fourth-order valence-electron chi connectivity index (χ4n) is 4.60. The van der Waals surface area contributed by atoms with Crippen LogP contribution in [0.3, 0.4) is 0 Å². The molecule has 0 aliphatic carbocycles. The number of aromatic nitrogens is 6. The van der Waals surface area contributed by atoms with Gasteiger partial charge in [-0.15, -0.1) is 11.3 Å². The minimum atomic E-state index is -0.609. The van der Waals surface area contributed by atoms with E-state index in [4.69, 9.17) is 4.98 Å². The van der Waals surface area contributed by atoms with Crippen LogP contribution >= 0.6 is 11.3 Å². The van der Waals surface area contributed by atoms with Gasteiger partial charge in [0.1, 0.15) is 16.4 Å². The summed E-state index contributed by atoms with van der Waals surface area (Å²) in [5, 5.41) is 10.6. The van der Waals surface area contributed by atoms with Crippen LogP contribution in [0, 0.1) is 6.92 Å². The second-order valence-corrected chi connectivity index (χ2v) is 9.86. The molecule has 0 aliphatic rings. The Bertz CT molecular complexity index is 1910. The molecule has 0 fully saturated rings. The van der Waals surface area contributed by atoms with E-state index in [1.54, 1.807) is 40.7 Å². The van der Waals surface area contributed by atoms with Gasteiger partial charge in [0, 0.05) is 24.0 Å². The first-order valence-electron chi connectivity index (χ1n) is 12.3. The maximum atomic E-state index is 14.1.